The van der Waals surface area contributed by atoms with E-state index in [1.807, 2.05) is 36.1 Å². The molecule has 1 aliphatic carbocycles. The number of aromatic nitrogens is 7. The molecular weight excluding hydrogens is 462 g/mol. The van der Waals surface area contributed by atoms with Gasteiger partial charge in [0.25, 0.3) is 6.43 Å². The smallest absolute Gasteiger partial charge is 0.280 e. The highest BCUT2D eigenvalue weighted by atomic mass is 19.3. The molecule has 0 bridgehead atoms. The standard InChI is InChI=1S/C26H24F2N8/c1-2-22(16-6-8-21(25(27)28)31-11-16)35-14-19(13-32-35)18-9-23(36-24(10-18)33-26(29)34-36)17-5-7-20(30-12-17)15-3-4-15/h5-15,22,25H,2-4H2,1H3,(H2,29,34). The molecule has 0 aromatic carbocycles. The molecule has 1 saturated carbocycles. The molecule has 6 rings (SSSR count). The lowest BCUT2D eigenvalue weighted by molar-refractivity contribution is 0.146. The molecule has 5 aromatic heterocycles. The van der Waals surface area contributed by atoms with Crippen LogP contribution in [-0.4, -0.2) is 34.3 Å². The van der Waals surface area contributed by atoms with Crippen LogP contribution in [0.5, 0.6) is 0 Å². The summed E-state index contributed by atoms with van der Waals surface area (Å²) in [6.45, 7) is 2.02. The first-order valence-corrected chi connectivity index (χ1v) is 11.9. The van der Waals surface area contributed by atoms with Gasteiger partial charge in [-0.15, -0.1) is 5.10 Å². The van der Waals surface area contributed by atoms with E-state index < -0.39 is 6.43 Å². The predicted octanol–water partition coefficient (Wildman–Crippen LogP) is 5.45. The minimum absolute atomic E-state index is 0.135. The van der Waals surface area contributed by atoms with Crippen molar-refractivity contribution in [2.24, 2.45) is 0 Å². The Kier molecular flexibility index (Phi) is 5.43. The van der Waals surface area contributed by atoms with Crippen LogP contribution in [0.15, 0.2) is 61.2 Å². The lowest BCUT2D eigenvalue weighted by atomic mass is 10.1. The summed E-state index contributed by atoms with van der Waals surface area (Å²) in [5.41, 5.74) is 11.8. The minimum Gasteiger partial charge on any atom is -0.366 e. The van der Waals surface area contributed by atoms with E-state index in [0.717, 1.165) is 40.1 Å². The zero-order valence-electron chi connectivity index (χ0n) is 19.6. The van der Waals surface area contributed by atoms with E-state index in [0.29, 0.717) is 11.6 Å². The van der Waals surface area contributed by atoms with E-state index in [2.05, 4.69) is 37.3 Å². The Morgan fingerprint density at radius 2 is 1.86 bits per heavy atom. The van der Waals surface area contributed by atoms with Crippen LogP contribution in [0.1, 0.15) is 61.5 Å². The number of hydrogen-bond acceptors (Lipinski definition) is 6. The van der Waals surface area contributed by atoms with Gasteiger partial charge in [0.1, 0.15) is 5.69 Å². The monoisotopic (exact) mass is 486 g/mol. The number of pyridine rings is 3. The molecule has 0 amide bonds. The molecule has 1 unspecified atom stereocenters. The van der Waals surface area contributed by atoms with Crippen LogP contribution >= 0.6 is 0 Å². The van der Waals surface area contributed by atoms with E-state index in [1.54, 1.807) is 16.8 Å². The third-order valence-electron chi connectivity index (χ3n) is 6.59. The summed E-state index contributed by atoms with van der Waals surface area (Å²) in [6, 6.07) is 11.0. The number of nitrogens with zero attached hydrogens (tertiary/aromatic N) is 7. The first kappa shape index (κ1) is 22.3. The average molecular weight is 487 g/mol. The molecule has 5 aromatic rings. The van der Waals surface area contributed by atoms with Gasteiger partial charge in [-0.2, -0.15) is 10.1 Å². The maximum absolute atomic E-state index is 12.9. The Bertz CT molecular complexity index is 1520. The van der Waals surface area contributed by atoms with E-state index in [-0.39, 0.29) is 17.7 Å². The van der Waals surface area contributed by atoms with E-state index in [1.165, 1.54) is 25.1 Å². The van der Waals surface area contributed by atoms with Crippen molar-refractivity contribution in [1.29, 1.82) is 0 Å². The fraction of sp³-hybridized carbons (Fsp3) is 0.269. The summed E-state index contributed by atoms with van der Waals surface area (Å²) in [5.74, 6) is 0.768. The van der Waals surface area contributed by atoms with Gasteiger partial charge in [-0.25, -0.2) is 13.3 Å². The highest BCUT2D eigenvalue weighted by Gasteiger charge is 2.25. The second kappa shape index (κ2) is 8.78. The maximum atomic E-state index is 12.9. The zero-order valence-corrected chi connectivity index (χ0v) is 19.6. The van der Waals surface area contributed by atoms with Gasteiger partial charge in [0.2, 0.25) is 5.95 Å². The Hall–Kier alpha value is -4.21. The lowest BCUT2D eigenvalue weighted by Crippen LogP contribution is -2.10. The van der Waals surface area contributed by atoms with Gasteiger partial charge in [-0.1, -0.05) is 13.0 Å². The molecule has 10 heteroatoms. The summed E-state index contributed by atoms with van der Waals surface area (Å²) in [6.07, 6.45) is 7.62. The van der Waals surface area contributed by atoms with E-state index in [9.17, 15) is 8.78 Å². The number of anilines is 1. The Morgan fingerprint density at radius 1 is 1.00 bits per heavy atom. The second-order valence-electron chi connectivity index (χ2n) is 9.07. The quantitative estimate of drug-likeness (QED) is 0.329. The molecule has 182 valence electrons. The van der Waals surface area contributed by atoms with Gasteiger partial charge in [0, 0.05) is 41.3 Å². The number of halogens is 2. The van der Waals surface area contributed by atoms with Crippen LogP contribution in [-0.2, 0) is 0 Å². The SMILES string of the molecule is CCC(c1ccc(C(F)F)nc1)n1cc(-c2cc(-c3ccc(C4CC4)nc3)n3nc(N)nc3c2)cn1. The number of hydrogen-bond donors (Lipinski definition) is 1. The van der Waals surface area contributed by atoms with Gasteiger partial charge in [-0.3, -0.25) is 14.6 Å². The first-order valence-electron chi connectivity index (χ1n) is 11.9. The van der Waals surface area contributed by atoms with Gasteiger partial charge in [0.05, 0.1) is 17.9 Å². The highest BCUT2D eigenvalue weighted by molar-refractivity contribution is 5.74. The molecule has 1 fully saturated rings. The molecule has 8 nitrogen and oxygen atoms in total. The van der Waals surface area contributed by atoms with Crippen molar-refractivity contribution in [2.75, 3.05) is 5.73 Å². The summed E-state index contributed by atoms with van der Waals surface area (Å²) in [7, 11) is 0. The summed E-state index contributed by atoms with van der Waals surface area (Å²) < 4.78 is 29.4. The largest absolute Gasteiger partial charge is 0.366 e. The Morgan fingerprint density at radius 3 is 2.53 bits per heavy atom. The fourth-order valence-electron chi connectivity index (χ4n) is 4.53. The average Bonchev–Trinajstić information content (AvgIpc) is 3.50. The normalized spacial score (nSPS) is 14.6. The van der Waals surface area contributed by atoms with Gasteiger partial charge < -0.3 is 5.73 Å². The number of fused-ring (bicyclic) bond motifs is 1. The molecule has 36 heavy (non-hydrogen) atoms. The summed E-state index contributed by atoms with van der Waals surface area (Å²) in [4.78, 5) is 13.0. The molecule has 0 spiro atoms. The van der Waals surface area contributed by atoms with Gasteiger partial charge >= 0.3 is 0 Å². The molecule has 5 heterocycles. The number of nitrogen functional groups attached to an aromatic ring is 1. The molecule has 2 N–H and O–H groups in total. The van der Waals surface area contributed by atoms with Gasteiger partial charge in [0.15, 0.2) is 5.65 Å². The zero-order chi connectivity index (χ0) is 24.8. The van der Waals surface area contributed by atoms with Crippen LogP contribution < -0.4 is 5.73 Å². The molecule has 0 aliphatic heterocycles. The van der Waals surface area contributed by atoms with Crippen molar-refractivity contribution in [3.63, 3.8) is 0 Å². The first-order chi connectivity index (χ1) is 17.5. The van der Waals surface area contributed by atoms with Crippen molar-refractivity contribution in [2.45, 2.75) is 44.6 Å². The lowest BCUT2D eigenvalue weighted by Gasteiger charge is -2.16. The predicted molar refractivity (Wildman–Crippen MR) is 131 cm³/mol. The Labute approximate surface area is 205 Å². The Balaban J connectivity index is 1.37. The van der Waals surface area contributed by atoms with Crippen molar-refractivity contribution < 1.29 is 8.78 Å². The van der Waals surface area contributed by atoms with Crippen molar-refractivity contribution in [1.82, 2.24) is 34.3 Å². The highest BCUT2D eigenvalue weighted by Crippen LogP contribution is 2.39. The third-order valence-corrected chi connectivity index (χ3v) is 6.59. The van der Waals surface area contributed by atoms with Crippen LogP contribution in [0.2, 0.25) is 0 Å². The number of alkyl halides is 2. The van der Waals surface area contributed by atoms with Crippen molar-refractivity contribution in [3.8, 4) is 22.4 Å². The molecule has 1 aliphatic rings. The maximum Gasteiger partial charge on any atom is 0.280 e. The minimum atomic E-state index is -2.59. The van der Waals surface area contributed by atoms with Crippen LogP contribution in [0.4, 0.5) is 14.7 Å². The second-order valence-corrected chi connectivity index (χ2v) is 9.07. The van der Waals surface area contributed by atoms with Crippen LogP contribution in [0.3, 0.4) is 0 Å². The van der Waals surface area contributed by atoms with Crippen molar-refractivity contribution in [3.05, 3.63) is 78.1 Å². The van der Waals surface area contributed by atoms with Crippen molar-refractivity contribution >= 4 is 11.6 Å². The number of rotatable bonds is 7. The third kappa shape index (κ3) is 4.08. The molecule has 1 atom stereocenters. The van der Waals surface area contributed by atoms with E-state index >= 15 is 0 Å². The molecule has 0 radical (unpaired) electrons. The topological polar surface area (TPSA) is 99.8 Å². The van der Waals surface area contributed by atoms with Gasteiger partial charge in [-0.05, 0) is 60.7 Å². The molecular formula is C26H24F2N8. The number of nitrogens with two attached hydrogens (primary N) is 1. The van der Waals surface area contributed by atoms with Crippen LogP contribution in [0, 0.1) is 0 Å². The van der Waals surface area contributed by atoms with Crippen LogP contribution in [0.25, 0.3) is 28.0 Å². The summed E-state index contributed by atoms with van der Waals surface area (Å²) >= 11 is 0. The summed E-state index contributed by atoms with van der Waals surface area (Å²) in [5, 5.41) is 8.96. The van der Waals surface area contributed by atoms with E-state index in [4.69, 9.17) is 5.73 Å². The fourth-order valence-corrected chi connectivity index (χ4v) is 4.53. The molecule has 0 saturated heterocycles.